The molecule has 0 atom stereocenters. The minimum Gasteiger partial charge on any atom is -0.497 e. The van der Waals surface area contributed by atoms with Crippen LogP contribution in [0.25, 0.3) is 39.1 Å². The van der Waals surface area contributed by atoms with Crippen LogP contribution in [0.3, 0.4) is 0 Å². The maximum atomic E-state index is 14.4. The van der Waals surface area contributed by atoms with Gasteiger partial charge < -0.3 is 20.8 Å². The van der Waals surface area contributed by atoms with Gasteiger partial charge in [-0.25, -0.2) is 4.39 Å². The summed E-state index contributed by atoms with van der Waals surface area (Å²) in [6, 6.07) is 10.4. The summed E-state index contributed by atoms with van der Waals surface area (Å²) in [5, 5.41) is 11.3. The number of nitrogens with zero attached hydrogens (tertiary/aromatic N) is 3. The lowest BCUT2D eigenvalue weighted by atomic mass is 9.97. The monoisotopic (exact) mass is 535 g/mol. The van der Waals surface area contributed by atoms with Crippen LogP contribution in [0.4, 0.5) is 10.1 Å². The molecule has 1 aromatic carbocycles. The molecule has 1 aliphatic rings. The van der Waals surface area contributed by atoms with Gasteiger partial charge >= 0.3 is 0 Å². The van der Waals surface area contributed by atoms with E-state index in [4.69, 9.17) is 10.5 Å². The van der Waals surface area contributed by atoms with E-state index in [-0.39, 0.29) is 11.7 Å². The molecule has 4 aromatic heterocycles. The number of halogens is 1. The summed E-state index contributed by atoms with van der Waals surface area (Å²) in [7, 11) is 1.51. The summed E-state index contributed by atoms with van der Waals surface area (Å²) < 4.78 is 19.7. The van der Waals surface area contributed by atoms with Crippen molar-refractivity contribution in [3.63, 3.8) is 0 Å². The number of carbonyl (C=O) groups excluding carboxylic acids is 1. The Balaban J connectivity index is 1.42. The number of aromatic nitrogens is 5. The molecule has 0 aliphatic heterocycles. The number of rotatable bonds is 6. The number of ether oxygens (including phenoxy) is 1. The maximum Gasteiger partial charge on any atom is 0.224 e. The predicted octanol–water partition coefficient (Wildman–Crippen LogP) is 5.34. The fraction of sp³-hybridized carbons (Fsp3) is 0.133. The van der Waals surface area contributed by atoms with E-state index in [1.807, 2.05) is 30.4 Å². The molecule has 0 saturated heterocycles. The van der Waals surface area contributed by atoms with Crippen molar-refractivity contribution in [2.75, 3.05) is 12.4 Å². The third-order valence-electron chi connectivity index (χ3n) is 6.79. The first-order valence-corrected chi connectivity index (χ1v) is 12.7. The summed E-state index contributed by atoms with van der Waals surface area (Å²) >= 11 is 0. The van der Waals surface area contributed by atoms with Gasteiger partial charge in [0.2, 0.25) is 5.91 Å². The molecule has 200 valence electrons. The van der Waals surface area contributed by atoms with Gasteiger partial charge in [0, 0.05) is 53.0 Å². The molecular formula is C30H26FN7O2. The molecule has 0 spiro atoms. The van der Waals surface area contributed by atoms with Crippen molar-refractivity contribution in [2.45, 2.75) is 19.8 Å². The molecule has 9 nitrogen and oxygen atoms in total. The van der Waals surface area contributed by atoms with E-state index in [0.29, 0.717) is 46.9 Å². The van der Waals surface area contributed by atoms with E-state index < -0.39 is 0 Å². The Bertz CT molecular complexity index is 1830. The van der Waals surface area contributed by atoms with Gasteiger partial charge in [-0.1, -0.05) is 13.0 Å². The zero-order chi connectivity index (χ0) is 27.8. The van der Waals surface area contributed by atoms with Crippen LogP contribution in [0.5, 0.6) is 5.75 Å². The second-order valence-corrected chi connectivity index (χ2v) is 9.51. The molecule has 4 heterocycles. The van der Waals surface area contributed by atoms with Crippen molar-refractivity contribution in [1.29, 1.82) is 0 Å². The van der Waals surface area contributed by atoms with E-state index in [1.54, 1.807) is 31.6 Å². The number of hydrogen-bond acceptors (Lipinski definition) is 6. The van der Waals surface area contributed by atoms with Crippen LogP contribution in [-0.4, -0.2) is 38.2 Å². The van der Waals surface area contributed by atoms with Crippen molar-refractivity contribution >= 4 is 28.1 Å². The molecule has 10 heteroatoms. The summed E-state index contributed by atoms with van der Waals surface area (Å²) in [5.74, 6) is -0.0490. The number of pyridine rings is 2. The first kappa shape index (κ1) is 25.1. The zero-order valence-electron chi connectivity index (χ0n) is 21.9. The number of H-pyrrole nitrogens is 2. The standard InChI is InChI=1S/C30H26FN7O2/c1-3-29(39)35-20-7-17(13-33-14-20)25-12-24-28(15-34-25)37-38-30(24)27-11-23-22(5-4-19(32)10-26(23)36-27)16-6-18(31)9-21(8-16)40-2/h4-9,11-15,36H,3,10,32H2,1-2H3,(H,35,39)(H,37,38). The van der Waals surface area contributed by atoms with Crippen LogP contribution in [0, 0.1) is 5.82 Å². The van der Waals surface area contributed by atoms with Crippen LogP contribution in [0.1, 0.15) is 30.2 Å². The molecule has 6 rings (SSSR count). The highest BCUT2D eigenvalue weighted by molar-refractivity contribution is 5.96. The Labute approximate surface area is 229 Å². The minimum atomic E-state index is -0.389. The van der Waals surface area contributed by atoms with Crippen molar-refractivity contribution in [1.82, 2.24) is 25.1 Å². The van der Waals surface area contributed by atoms with Crippen LogP contribution < -0.4 is 15.8 Å². The third kappa shape index (κ3) is 4.71. The number of hydrogen-bond donors (Lipinski definition) is 4. The molecule has 0 bridgehead atoms. The second kappa shape index (κ2) is 10.1. The van der Waals surface area contributed by atoms with Crippen LogP contribution in [-0.2, 0) is 11.2 Å². The van der Waals surface area contributed by atoms with Gasteiger partial charge in [-0.3, -0.25) is 19.9 Å². The zero-order valence-corrected chi connectivity index (χ0v) is 21.9. The minimum absolute atomic E-state index is 0.0911. The predicted molar refractivity (Wildman–Crippen MR) is 152 cm³/mol. The Morgan fingerprint density at radius 2 is 1.98 bits per heavy atom. The van der Waals surface area contributed by atoms with Gasteiger partial charge in [0.1, 0.15) is 17.3 Å². The quantitative estimate of drug-likeness (QED) is 0.232. The molecule has 0 saturated carbocycles. The van der Waals surface area contributed by atoms with Crippen LogP contribution in [0.2, 0.25) is 0 Å². The van der Waals surface area contributed by atoms with E-state index in [1.165, 1.54) is 19.2 Å². The molecular weight excluding hydrogens is 509 g/mol. The molecule has 5 aromatic rings. The first-order chi connectivity index (χ1) is 19.4. The number of nitrogens with one attached hydrogen (secondary N) is 3. The van der Waals surface area contributed by atoms with Gasteiger partial charge in [-0.15, -0.1) is 0 Å². The van der Waals surface area contributed by atoms with Crippen molar-refractivity contribution < 1.29 is 13.9 Å². The summed E-state index contributed by atoms with van der Waals surface area (Å²) in [4.78, 5) is 24.2. The lowest BCUT2D eigenvalue weighted by Gasteiger charge is -2.09. The summed E-state index contributed by atoms with van der Waals surface area (Å²) in [6.45, 7) is 1.79. The number of benzene rings is 1. The Morgan fingerprint density at radius 1 is 1.10 bits per heavy atom. The molecule has 5 N–H and O–H groups in total. The summed E-state index contributed by atoms with van der Waals surface area (Å²) in [6.07, 6.45) is 9.63. The smallest absolute Gasteiger partial charge is 0.224 e. The summed E-state index contributed by atoms with van der Waals surface area (Å²) in [5.41, 5.74) is 14.5. The lowest BCUT2D eigenvalue weighted by molar-refractivity contribution is -0.115. The highest BCUT2D eigenvalue weighted by Gasteiger charge is 2.21. The number of fused-ring (bicyclic) bond motifs is 2. The number of carbonyl (C=O) groups is 1. The fourth-order valence-electron chi connectivity index (χ4n) is 4.81. The molecule has 0 radical (unpaired) electrons. The van der Waals surface area contributed by atoms with E-state index in [2.05, 4.69) is 30.5 Å². The van der Waals surface area contributed by atoms with Gasteiger partial charge in [0.15, 0.2) is 0 Å². The Hall–Kier alpha value is -5.25. The van der Waals surface area contributed by atoms with Crippen molar-refractivity contribution in [3.05, 3.63) is 95.5 Å². The topological polar surface area (TPSA) is 135 Å². The molecule has 0 unspecified atom stereocenters. The lowest BCUT2D eigenvalue weighted by Crippen LogP contribution is -2.09. The van der Waals surface area contributed by atoms with Gasteiger partial charge in [0.05, 0.1) is 42.1 Å². The number of allylic oxidation sites excluding steroid dienone is 3. The van der Waals surface area contributed by atoms with Gasteiger partial charge in [0.25, 0.3) is 0 Å². The average Bonchev–Trinajstić information content (AvgIpc) is 3.52. The number of aromatic amines is 2. The Morgan fingerprint density at radius 3 is 2.80 bits per heavy atom. The fourth-order valence-corrected chi connectivity index (χ4v) is 4.81. The van der Waals surface area contributed by atoms with Crippen molar-refractivity contribution in [2.24, 2.45) is 5.73 Å². The highest BCUT2D eigenvalue weighted by atomic mass is 19.1. The number of methoxy groups -OCH3 is 1. The first-order valence-electron chi connectivity index (χ1n) is 12.7. The largest absolute Gasteiger partial charge is 0.497 e. The van der Waals surface area contributed by atoms with E-state index in [0.717, 1.165) is 39.0 Å². The van der Waals surface area contributed by atoms with Gasteiger partial charge in [-0.05, 0) is 47.5 Å². The highest BCUT2D eigenvalue weighted by Crippen LogP contribution is 2.37. The number of anilines is 1. The average molecular weight is 536 g/mol. The van der Waals surface area contributed by atoms with Crippen LogP contribution in [0.15, 0.2) is 72.8 Å². The van der Waals surface area contributed by atoms with E-state index >= 15 is 0 Å². The number of nitrogens with two attached hydrogens (primary N) is 1. The van der Waals surface area contributed by atoms with Crippen LogP contribution >= 0.6 is 0 Å². The second-order valence-electron chi connectivity index (χ2n) is 9.51. The molecule has 0 fully saturated rings. The molecule has 40 heavy (non-hydrogen) atoms. The SMILES string of the molecule is CCC(=O)Nc1cncc(-c2cc3c(-c4cc5c([nH]4)CC(N)=CC=C5c4cc(F)cc(OC)c4)n[nH]c3cn2)c1. The molecule has 1 aliphatic carbocycles. The third-order valence-corrected chi connectivity index (χ3v) is 6.79. The normalized spacial score (nSPS) is 12.9. The Kier molecular flexibility index (Phi) is 6.35. The van der Waals surface area contributed by atoms with Gasteiger partial charge in [-0.2, -0.15) is 5.10 Å². The van der Waals surface area contributed by atoms with Crippen molar-refractivity contribution in [3.8, 4) is 28.4 Å². The maximum absolute atomic E-state index is 14.4. The number of amides is 1. The molecule has 1 amide bonds. The van der Waals surface area contributed by atoms with E-state index in [9.17, 15) is 9.18 Å².